The van der Waals surface area contributed by atoms with Crippen LogP contribution in [0.2, 0.25) is 0 Å². The number of aliphatic carboxylic acids is 1. The van der Waals surface area contributed by atoms with E-state index in [2.05, 4.69) is 0 Å². The van der Waals surface area contributed by atoms with Gasteiger partial charge in [0.25, 0.3) is 5.91 Å². The zero-order valence-electron chi connectivity index (χ0n) is 12.7. The molecule has 0 bridgehead atoms. The van der Waals surface area contributed by atoms with E-state index in [0.717, 1.165) is 11.6 Å². The first kappa shape index (κ1) is 17.2. The third-order valence-corrected chi connectivity index (χ3v) is 3.39. The number of hydrogen-bond donors (Lipinski definition) is 3. The Morgan fingerprint density at radius 1 is 1.04 bits per heavy atom. The summed E-state index contributed by atoms with van der Waals surface area (Å²) in [6.45, 7) is 0. The second kappa shape index (κ2) is 7.94. The average molecular weight is 327 g/mol. The molecule has 6 nitrogen and oxygen atoms in total. The van der Waals surface area contributed by atoms with Gasteiger partial charge in [-0.3, -0.25) is 10.0 Å². The number of rotatable bonds is 6. The summed E-state index contributed by atoms with van der Waals surface area (Å²) >= 11 is 0. The molecule has 0 aromatic heterocycles. The van der Waals surface area contributed by atoms with Gasteiger partial charge in [-0.05, 0) is 29.3 Å². The maximum Gasteiger partial charge on any atom is 0.329 e. The van der Waals surface area contributed by atoms with E-state index < -0.39 is 17.9 Å². The molecular formula is C18H17NO5. The molecule has 0 spiro atoms. The van der Waals surface area contributed by atoms with Crippen LogP contribution >= 0.6 is 0 Å². The Labute approximate surface area is 138 Å². The number of carboxylic acid groups (broad SMARTS) is 1. The van der Waals surface area contributed by atoms with E-state index in [9.17, 15) is 25.0 Å². The number of carbonyl (C=O) groups excluding carboxylic acids is 1. The largest absolute Gasteiger partial charge is 0.508 e. The Bertz CT molecular complexity index is 725. The predicted octanol–water partition coefficient (Wildman–Crippen LogP) is 2.32. The van der Waals surface area contributed by atoms with Crippen molar-refractivity contribution in [2.45, 2.75) is 12.5 Å². The van der Waals surface area contributed by atoms with Gasteiger partial charge in [0, 0.05) is 12.5 Å². The predicted molar refractivity (Wildman–Crippen MR) is 87.3 cm³/mol. The van der Waals surface area contributed by atoms with Crippen molar-refractivity contribution < 1.29 is 25.0 Å². The molecule has 24 heavy (non-hydrogen) atoms. The third-order valence-electron chi connectivity index (χ3n) is 3.39. The first-order valence-corrected chi connectivity index (χ1v) is 7.23. The lowest BCUT2D eigenvalue weighted by atomic mass is 10.1. The molecule has 6 heteroatoms. The highest BCUT2D eigenvalue weighted by atomic mass is 16.5. The summed E-state index contributed by atoms with van der Waals surface area (Å²) < 4.78 is 0. The van der Waals surface area contributed by atoms with Crippen LogP contribution in [0.3, 0.4) is 0 Å². The number of aromatic hydroxyl groups is 1. The lowest BCUT2D eigenvalue weighted by Gasteiger charge is -2.21. The van der Waals surface area contributed by atoms with Gasteiger partial charge in [-0.1, -0.05) is 42.5 Å². The van der Waals surface area contributed by atoms with Crippen molar-refractivity contribution >= 4 is 18.0 Å². The number of amides is 1. The van der Waals surface area contributed by atoms with Crippen LogP contribution in [0.5, 0.6) is 5.75 Å². The van der Waals surface area contributed by atoms with Gasteiger partial charge in [-0.2, -0.15) is 0 Å². The molecule has 0 fully saturated rings. The van der Waals surface area contributed by atoms with Crippen molar-refractivity contribution in [2.24, 2.45) is 0 Å². The van der Waals surface area contributed by atoms with Crippen LogP contribution in [0.25, 0.3) is 6.08 Å². The van der Waals surface area contributed by atoms with Crippen LogP contribution < -0.4 is 0 Å². The van der Waals surface area contributed by atoms with E-state index in [1.807, 2.05) is 6.07 Å². The number of phenolic OH excluding ortho intramolecular Hbond substituents is 1. The molecule has 0 heterocycles. The second-order valence-corrected chi connectivity index (χ2v) is 5.15. The number of carboxylic acids is 1. The minimum Gasteiger partial charge on any atom is -0.508 e. The van der Waals surface area contributed by atoms with Crippen LogP contribution in [-0.2, 0) is 16.0 Å². The van der Waals surface area contributed by atoms with Gasteiger partial charge < -0.3 is 10.2 Å². The maximum atomic E-state index is 12.0. The highest BCUT2D eigenvalue weighted by Crippen LogP contribution is 2.14. The summed E-state index contributed by atoms with van der Waals surface area (Å²) in [4.78, 5) is 23.4. The van der Waals surface area contributed by atoms with Gasteiger partial charge in [0.05, 0.1) is 0 Å². The molecule has 3 N–H and O–H groups in total. The van der Waals surface area contributed by atoms with Gasteiger partial charge in [0.15, 0.2) is 6.04 Å². The van der Waals surface area contributed by atoms with E-state index in [1.54, 1.807) is 24.3 Å². The topological polar surface area (TPSA) is 98.1 Å². The van der Waals surface area contributed by atoms with E-state index >= 15 is 0 Å². The Balaban J connectivity index is 2.09. The van der Waals surface area contributed by atoms with Gasteiger partial charge >= 0.3 is 5.97 Å². The number of hydroxylamine groups is 2. The minimum atomic E-state index is -1.43. The summed E-state index contributed by atoms with van der Waals surface area (Å²) in [5.74, 6) is -2.11. The fraction of sp³-hybridized carbons (Fsp3) is 0.111. The summed E-state index contributed by atoms with van der Waals surface area (Å²) in [5.41, 5.74) is 1.32. The number of hydrogen-bond acceptors (Lipinski definition) is 4. The SMILES string of the molecule is O=C(O)[C@@H](Cc1ccc(O)cc1)N(O)C(=O)C=Cc1ccccc1. The first-order valence-electron chi connectivity index (χ1n) is 7.23. The van der Waals surface area contributed by atoms with Gasteiger partial charge in [-0.25, -0.2) is 9.86 Å². The summed E-state index contributed by atoms with van der Waals surface area (Å²) in [6, 6.07) is 13.4. The van der Waals surface area contributed by atoms with Crippen LogP contribution in [-0.4, -0.2) is 38.4 Å². The Hall–Kier alpha value is -3.12. The molecule has 0 aliphatic carbocycles. The van der Waals surface area contributed by atoms with Gasteiger partial charge in [0.2, 0.25) is 0 Å². The molecule has 2 rings (SSSR count). The summed E-state index contributed by atoms with van der Waals surface area (Å²) in [5, 5.41) is 28.6. The van der Waals surface area contributed by atoms with Crippen LogP contribution in [0, 0.1) is 0 Å². The van der Waals surface area contributed by atoms with Gasteiger partial charge in [0.1, 0.15) is 5.75 Å². The van der Waals surface area contributed by atoms with Gasteiger partial charge in [-0.15, -0.1) is 0 Å². The quantitative estimate of drug-likeness (QED) is 0.430. The molecule has 0 unspecified atom stereocenters. The number of nitrogens with zero attached hydrogens (tertiary/aromatic N) is 1. The molecule has 124 valence electrons. The standard InChI is InChI=1S/C18H17NO5/c20-15-9-6-14(7-10-15)12-16(18(22)23)19(24)17(21)11-8-13-4-2-1-3-5-13/h1-11,16,20,24H,12H2,(H,22,23)/t16-/m1/s1. The molecule has 1 atom stereocenters. The average Bonchev–Trinajstić information content (AvgIpc) is 2.59. The van der Waals surface area contributed by atoms with E-state index in [-0.39, 0.29) is 17.2 Å². The first-order chi connectivity index (χ1) is 11.5. The van der Waals surface area contributed by atoms with Crippen LogP contribution in [0.15, 0.2) is 60.7 Å². The highest BCUT2D eigenvalue weighted by Gasteiger charge is 2.27. The highest BCUT2D eigenvalue weighted by molar-refractivity contribution is 5.93. The van der Waals surface area contributed by atoms with Crippen molar-refractivity contribution in [1.82, 2.24) is 5.06 Å². The van der Waals surface area contributed by atoms with Crippen molar-refractivity contribution in [3.8, 4) is 5.75 Å². The normalized spacial score (nSPS) is 12.0. The van der Waals surface area contributed by atoms with Crippen molar-refractivity contribution in [3.63, 3.8) is 0 Å². The molecule has 0 saturated heterocycles. The number of carbonyl (C=O) groups is 2. The zero-order valence-corrected chi connectivity index (χ0v) is 12.7. The Morgan fingerprint density at radius 3 is 2.25 bits per heavy atom. The molecule has 0 saturated carbocycles. The van der Waals surface area contributed by atoms with Crippen LogP contribution in [0.4, 0.5) is 0 Å². The number of phenols is 1. The molecule has 2 aromatic carbocycles. The zero-order chi connectivity index (χ0) is 17.5. The van der Waals surface area contributed by atoms with E-state index in [4.69, 9.17) is 0 Å². The van der Waals surface area contributed by atoms with Crippen molar-refractivity contribution in [2.75, 3.05) is 0 Å². The second-order valence-electron chi connectivity index (χ2n) is 5.15. The molecule has 2 aromatic rings. The van der Waals surface area contributed by atoms with Crippen molar-refractivity contribution in [3.05, 3.63) is 71.8 Å². The molecule has 0 aliphatic heterocycles. The van der Waals surface area contributed by atoms with Crippen molar-refractivity contribution in [1.29, 1.82) is 0 Å². The maximum absolute atomic E-state index is 12.0. The number of benzene rings is 2. The monoisotopic (exact) mass is 327 g/mol. The van der Waals surface area contributed by atoms with E-state index in [0.29, 0.717) is 5.56 Å². The molecule has 0 aliphatic rings. The lowest BCUT2D eigenvalue weighted by molar-refractivity contribution is -0.181. The summed E-state index contributed by atoms with van der Waals surface area (Å²) in [7, 11) is 0. The Morgan fingerprint density at radius 2 is 1.67 bits per heavy atom. The lowest BCUT2D eigenvalue weighted by Crippen LogP contribution is -2.43. The fourth-order valence-electron chi connectivity index (χ4n) is 2.10. The molecule has 1 amide bonds. The molecular weight excluding hydrogens is 310 g/mol. The fourth-order valence-corrected chi connectivity index (χ4v) is 2.10. The molecule has 0 radical (unpaired) electrons. The van der Waals surface area contributed by atoms with Crippen LogP contribution in [0.1, 0.15) is 11.1 Å². The smallest absolute Gasteiger partial charge is 0.329 e. The summed E-state index contributed by atoms with van der Waals surface area (Å²) in [6.07, 6.45) is 2.52. The third kappa shape index (κ3) is 4.69. The van der Waals surface area contributed by atoms with E-state index in [1.165, 1.54) is 30.3 Å². The minimum absolute atomic E-state index is 0.0494. The Kier molecular flexibility index (Phi) is 5.70.